The molecule has 1 aromatic heterocycles. The van der Waals surface area contributed by atoms with Gasteiger partial charge in [0.1, 0.15) is 12.4 Å². The maximum absolute atomic E-state index is 12.9. The lowest BCUT2D eigenvalue weighted by atomic mass is 10.1. The first-order valence-corrected chi connectivity index (χ1v) is 5.25. The Hall–Kier alpha value is -2.06. The summed E-state index contributed by atoms with van der Waals surface area (Å²) < 4.78 is 62.8. The van der Waals surface area contributed by atoms with Gasteiger partial charge in [-0.3, -0.25) is 4.79 Å². The molecular weight excluding hydrogens is 286 g/mol. The van der Waals surface area contributed by atoms with Crippen LogP contribution < -0.4 is 9.47 Å². The number of carbonyl (C=O) groups excluding carboxylic acids is 1. The summed E-state index contributed by atoms with van der Waals surface area (Å²) in [5, 5.41) is 0. The fourth-order valence-corrected chi connectivity index (χ4v) is 1.45. The zero-order chi connectivity index (χ0) is 15.3. The average molecular weight is 297 g/mol. The highest BCUT2D eigenvalue weighted by Crippen LogP contribution is 2.35. The summed E-state index contributed by atoms with van der Waals surface area (Å²) in [5.41, 5.74) is -0.770. The van der Waals surface area contributed by atoms with Crippen LogP contribution >= 0.6 is 0 Å². The molecule has 0 atom stereocenters. The number of carbonyl (C=O) groups is 1. The number of hydrogen-bond donors (Lipinski definition) is 0. The van der Waals surface area contributed by atoms with E-state index in [4.69, 9.17) is 0 Å². The molecule has 0 radical (unpaired) electrons. The molecule has 0 saturated carbocycles. The molecule has 1 rings (SSSR count). The van der Waals surface area contributed by atoms with E-state index in [1.54, 1.807) is 0 Å². The molecule has 0 spiro atoms. The average Bonchev–Trinajstić information content (AvgIpc) is 2.38. The molecule has 0 aliphatic carbocycles. The van der Waals surface area contributed by atoms with Crippen molar-refractivity contribution in [3.63, 3.8) is 0 Å². The second kappa shape index (κ2) is 6.40. The van der Waals surface area contributed by atoms with E-state index in [2.05, 4.69) is 19.2 Å². The first-order valence-electron chi connectivity index (χ1n) is 5.25. The summed E-state index contributed by atoms with van der Waals surface area (Å²) in [6.07, 6.45) is -4.64. The summed E-state index contributed by atoms with van der Waals surface area (Å²) in [4.78, 5) is 14.8. The quantitative estimate of drug-likeness (QED) is 0.616. The maximum atomic E-state index is 12.9. The van der Waals surface area contributed by atoms with E-state index in [0.29, 0.717) is 0 Å². The summed E-state index contributed by atoms with van der Waals surface area (Å²) >= 11 is 0. The fraction of sp³-hybridized carbons (Fsp3) is 0.455. The Labute approximate surface area is 111 Å². The first kappa shape index (κ1) is 16.0. The zero-order valence-corrected chi connectivity index (χ0v) is 10.6. The Bertz CT molecular complexity index is 490. The van der Waals surface area contributed by atoms with Crippen LogP contribution in [0.5, 0.6) is 11.6 Å². The Balaban J connectivity index is 3.31. The number of nitrogens with zero attached hydrogens (tertiary/aromatic N) is 1. The normalized spacial score (nSPS) is 11.1. The number of ether oxygens (including phenoxy) is 3. The lowest BCUT2D eigenvalue weighted by molar-refractivity contribution is -0.275. The number of aromatic nitrogens is 1. The van der Waals surface area contributed by atoms with E-state index >= 15 is 0 Å². The standard InChI is InChI=1S/C11H11F4NO4/c1-18-8(17)3-6-5-16-10(19-2)7(4-12)9(6)20-11(13,14)15/h5H,3-4H2,1-2H3. The molecule has 0 aliphatic heterocycles. The van der Waals surface area contributed by atoms with Crippen LogP contribution in [0.3, 0.4) is 0 Å². The number of esters is 1. The smallest absolute Gasteiger partial charge is 0.481 e. The van der Waals surface area contributed by atoms with Crippen LogP contribution in [-0.4, -0.2) is 31.5 Å². The molecule has 1 heterocycles. The van der Waals surface area contributed by atoms with Crippen LogP contribution in [-0.2, 0) is 22.6 Å². The van der Waals surface area contributed by atoms with Crippen LogP contribution in [0.25, 0.3) is 0 Å². The zero-order valence-electron chi connectivity index (χ0n) is 10.6. The largest absolute Gasteiger partial charge is 0.573 e. The van der Waals surface area contributed by atoms with Gasteiger partial charge in [-0.05, 0) is 0 Å². The third-order valence-electron chi connectivity index (χ3n) is 2.27. The number of rotatable bonds is 5. The summed E-state index contributed by atoms with van der Waals surface area (Å²) in [5.74, 6) is -1.99. The lowest BCUT2D eigenvalue weighted by Gasteiger charge is -2.17. The van der Waals surface area contributed by atoms with Crippen LogP contribution in [0, 0.1) is 0 Å². The van der Waals surface area contributed by atoms with Crippen molar-refractivity contribution in [1.29, 1.82) is 0 Å². The summed E-state index contributed by atoms with van der Waals surface area (Å²) in [6.45, 7) is -1.30. The maximum Gasteiger partial charge on any atom is 0.573 e. The van der Waals surface area contributed by atoms with Gasteiger partial charge in [0.25, 0.3) is 0 Å². The number of alkyl halides is 4. The third-order valence-corrected chi connectivity index (χ3v) is 2.27. The second-order valence-corrected chi connectivity index (χ2v) is 3.53. The Kier molecular flexibility index (Phi) is 5.12. The molecule has 0 bridgehead atoms. The van der Waals surface area contributed by atoms with Gasteiger partial charge in [-0.25, -0.2) is 9.37 Å². The molecular formula is C11H11F4NO4. The molecule has 0 N–H and O–H groups in total. The molecule has 0 fully saturated rings. The minimum absolute atomic E-state index is 0.248. The van der Waals surface area contributed by atoms with Gasteiger partial charge in [0.2, 0.25) is 5.88 Å². The van der Waals surface area contributed by atoms with Crippen molar-refractivity contribution in [2.45, 2.75) is 19.5 Å². The monoisotopic (exact) mass is 297 g/mol. The van der Waals surface area contributed by atoms with E-state index in [9.17, 15) is 22.4 Å². The highest BCUT2D eigenvalue weighted by molar-refractivity contribution is 5.73. The molecule has 20 heavy (non-hydrogen) atoms. The molecule has 9 heteroatoms. The SMILES string of the molecule is COC(=O)Cc1cnc(OC)c(CF)c1OC(F)(F)F. The van der Waals surface area contributed by atoms with E-state index in [1.165, 1.54) is 0 Å². The van der Waals surface area contributed by atoms with Gasteiger partial charge >= 0.3 is 12.3 Å². The van der Waals surface area contributed by atoms with Crippen molar-refractivity contribution < 1.29 is 36.6 Å². The minimum atomic E-state index is -5.04. The van der Waals surface area contributed by atoms with Gasteiger partial charge in [0.15, 0.2) is 0 Å². The van der Waals surface area contributed by atoms with Crippen molar-refractivity contribution in [3.05, 3.63) is 17.3 Å². The van der Waals surface area contributed by atoms with E-state index < -0.39 is 36.7 Å². The number of methoxy groups -OCH3 is 2. The Morgan fingerprint density at radius 3 is 2.45 bits per heavy atom. The van der Waals surface area contributed by atoms with Gasteiger partial charge < -0.3 is 14.2 Å². The fourth-order valence-electron chi connectivity index (χ4n) is 1.45. The van der Waals surface area contributed by atoms with Crippen LogP contribution in [0.15, 0.2) is 6.20 Å². The van der Waals surface area contributed by atoms with E-state index in [0.717, 1.165) is 20.4 Å². The molecule has 112 valence electrons. The number of pyridine rings is 1. The molecule has 0 aromatic carbocycles. The molecule has 0 amide bonds. The van der Waals surface area contributed by atoms with Gasteiger partial charge in [-0.1, -0.05) is 0 Å². The Morgan fingerprint density at radius 1 is 1.35 bits per heavy atom. The van der Waals surface area contributed by atoms with Crippen LogP contribution in [0.2, 0.25) is 0 Å². The lowest BCUT2D eigenvalue weighted by Crippen LogP contribution is -2.20. The van der Waals surface area contributed by atoms with Gasteiger partial charge in [0, 0.05) is 11.8 Å². The first-order chi connectivity index (χ1) is 9.32. The summed E-state index contributed by atoms with van der Waals surface area (Å²) in [7, 11) is 2.19. The number of halogens is 4. The van der Waals surface area contributed by atoms with Gasteiger partial charge in [-0.2, -0.15) is 0 Å². The van der Waals surface area contributed by atoms with E-state index in [1.807, 2.05) is 0 Å². The predicted octanol–water partition coefficient (Wildman–Crippen LogP) is 2.17. The van der Waals surface area contributed by atoms with Crippen LogP contribution in [0.1, 0.15) is 11.1 Å². The number of hydrogen-bond acceptors (Lipinski definition) is 5. The van der Waals surface area contributed by atoms with Gasteiger partial charge in [-0.15, -0.1) is 13.2 Å². The van der Waals surface area contributed by atoms with Crippen molar-refractivity contribution in [2.24, 2.45) is 0 Å². The molecule has 0 aliphatic rings. The highest BCUT2D eigenvalue weighted by Gasteiger charge is 2.34. The molecule has 5 nitrogen and oxygen atoms in total. The van der Waals surface area contributed by atoms with Gasteiger partial charge in [0.05, 0.1) is 26.2 Å². The minimum Gasteiger partial charge on any atom is -0.481 e. The third kappa shape index (κ3) is 3.97. The summed E-state index contributed by atoms with van der Waals surface area (Å²) in [6, 6.07) is 0. The molecule has 1 aromatic rings. The van der Waals surface area contributed by atoms with Crippen molar-refractivity contribution in [1.82, 2.24) is 4.98 Å². The van der Waals surface area contributed by atoms with E-state index in [-0.39, 0.29) is 11.4 Å². The molecule has 0 saturated heterocycles. The Morgan fingerprint density at radius 2 is 2.00 bits per heavy atom. The van der Waals surface area contributed by atoms with Crippen LogP contribution in [0.4, 0.5) is 17.6 Å². The molecule has 0 unspecified atom stereocenters. The topological polar surface area (TPSA) is 57.7 Å². The van der Waals surface area contributed by atoms with Crippen molar-refractivity contribution in [2.75, 3.05) is 14.2 Å². The van der Waals surface area contributed by atoms with Crippen molar-refractivity contribution in [3.8, 4) is 11.6 Å². The second-order valence-electron chi connectivity index (χ2n) is 3.53. The highest BCUT2D eigenvalue weighted by atomic mass is 19.4. The van der Waals surface area contributed by atoms with Crippen molar-refractivity contribution >= 4 is 5.97 Å². The predicted molar refractivity (Wildman–Crippen MR) is 58.0 cm³/mol.